The van der Waals surface area contributed by atoms with Crippen molar-refractivity contribution in [2.45, 2.75) is 12.3 Å². The van der Waals surface area contributed by atoms with E-state index in [-0.39, 0.29) is 5.41 Å². The lowest BCUT2D eigenvalue weighted by molar-refractivity contribution is 0.487. The molecule has 0 amide bonds. The highest BCUT2D eigenvalue weighted by Crippen LogP contribution is 2.56. The zero-order valence-corrected chi connectivity index (χ0v) is 22.7. The molecule has 7 aromatic rings. The predicted octanol–water partition coefficient (Wildman–Crippen LogP) is 10.8. The fourth-order valence-electron chi connectivity index (χ4n) is 7.40. The van der Waals surface area contributed by atoms with Gasteiger partial charge in [0.25, 0.3) is 0 Å². The van der Waals surface area contributed by atoms with Gasteiger partial charge in [-0.05, 0) is 85.8 Å². The maximum atomic E-state index is 6.51. The standard InChI is InChI=1S/C40H26O/c1-40(28-13-3-2-4-14-28)33-23-21-25-10-5-6-15-29(25)38(33)31-22-20-27(24-34(31)40)30-16-9-19-36-39(30)32-17-7-11-26-12-8-18-35(41-36)37(26)32/h2-24H,1H3. The SMILES string of the molecule is CC1(c2ccccc2)c2cc(-c3cccc4c3-c3cccc5cccc(c35)O4)ccc2-c2c1ccc1ccccc21. The second kappa shape index (κ2) is 8.19. The molecule has 0 fully saturated rings. The third kappa shape index (κ3) is 3.01. The van der Waals surface area contributed by atoms with E-state index in [1.807, 2.05) is 0 Å². The van der Waals surface area contributed by atoms with Crippen LogP contribution in [-0.2, 0) is 5.41 Å². The van der Waals surface area contributed by atoms with Crippen molar-refractivity contribution in [2.75, 3.05) is 0 Å². The maximum absolute atomic E-state index is 6.51. The van der Waals surface area contributed by atoms with Crippen LogP contribution in [0.15, 0.2) is 140 Å². The largest absolute Gasteiger partial charge is 0.456 e. The predicted molar refractivity (Wildman–Crippen MR) is 170 cm³/mol. The van der Waals surface area contributed by atoms with E-state index in [1.165, 1.54) is 71.6 Å². The van der Waals surface area contributed by atoms with Crippen LogP contribution >= 0.6 is 0 Å². The van der Waals surface area contributed by atoms with Crippen LogP contribution in [0.4, 0.5) is 0 Å². The second-order valence-corrected chi connectivity index (χ2v) is 11.4. The molecule has 9 rings (SSSR count). The highest BCUT2D eigenvalue weighted by Gasteiger charge is 2.41. The van der Waals surface area contributed by atoms with Crippen molar-refractivity contribution in [2.24, 2.45) is 0 Å². The van der Waals surface area contributed by atoms with Gasteiger partial charge in [0.2, 0.25) is 0 Å². The summed E-state index contributed by atoms with van der Waals surface area (Å²) >= 11 is 0. The van der Waals surface area contributed by atoms with Crippen LogP contribution in [-0.4, -0.2) is 0 Å². The first-order chi connectivity index (χ1) is 20.2. The average molecular weight is 523 g/mol. The van der Waals surface area contributed by atoms with Gasteiger partial charge in [-0.1, -0.05) is 121 Å². The third-order valence-electron chi connectivity index (χ3n) is 9.34. The van der Waals surface area contributed by atoms with Gasteiger partial charge in [0.15, 0.2) is 0 Å². The molecule has 0 bridgehead atoms. The summed E-state index contributed by atoms with van der Waals surface area (Å²) < 4.78 is 6.51. The van der Waals surface area contributed by atoms with E-state index in [4.69, 9.17) is 4.74 Å². The Labute approximate surface area is 239 Å². The molecular weight excluding hydrogens is 496 g/mol. The van der Waals surface area contributed by atoms with Crippen molar-refractivity contribution in [3.05, 3.63) is 156 Å². The summed E-state index contributed by atoms with van der Waals surface area (Å²) in [5.74, 6) is 1.84. The highest BCUT2D eigenvalue weighted by molar-refractivity contribution is 6.08. The normalized spacial score (nSPS) is 16.2. The number of rotatable bonds is 2. The molecule has 1 atom stereocenters. The Morgan fingerprint density at radius 3 is 2.12 bits per heavy atom. The van der Waals surface area contributed by atoms with E-state index in [2.05, 4.69) is 146 Å². The smallest absolute Gasteiger partial charge is 0.135 e. The van der Waals surface area contributed by atoms with Crippen molar-refractivity contribution in [1.82, 2.24) is 0 Å². The molecule has 0 aromatic heterocycles. The fourth-order valence-corrected chi connectivity index (χ4v) is 7.40. The second-order valence-electron chi connectivity index (χ2n) is 11.4. The lowest BCUT2D eigenvalue weighted by Gasteiger charge is -2.29. The molecule has 1 aliphatic carbocycles. The van der Waals surface area contributed by atoms with E-state index in [9.17, 15) is 0 Å². The quantitative estimate of drug-likeness (QED) is 0.219. The first-order valence-electron chi connectivity index (χ1n) is 14.3. The van der Waals surface area contributed by atoms with Crippen LogP contribution < -0.4 is 4.74 Å². The van der Waals surface area contributed by atoms with Gasteiger partial charge in [-0.2, -0.15) is 0 Å². The van der Waals surface area contributed by atoms with Crippen molar-refractivity contribution in [3.63, 3.8) is 0 Å². The van der Waals surface area contributed by atoms with Gasteiger partial charge < -0.3 is 4.74 Å². The number of ether oxygens (including phenoxy) is 1. The molecule has 0 radical (unpaired) electrons. The lowest BCUT2D eigenvalue weighted by Crippen LogP contribution is -2.22. The van der Waals surface area contributed by atoms with E-state index in [1.54, 1.807) is 0 Å². The molecule has 1 heteroatoms. The van der Waals surface area contributed by atoms with Crippen molar-refractivity contribution < 1.29 is 4.74 Å². The summed E-state index contributed by atoms with van der Waals surface area (Å²) in [7, 11) is 0. The van der Waals surface area contributed by atoms with E-state index < -0.39 is 0 Å². The zero-order valence-electron chi connectivity index (χ0n) is 22.7. The summed E-state index contributed by atoms with van der Waals surface area (Å²) in [5, 5.41) is 4.98. The Bertz CT molecular complexity index is 2180. The van der Waals surface area contributed by atoms with E-state index >= 15 is 0 Å². The van der Waals surface area contributed by atoms with Gasteiger partial charge in [-0.3, -0.25) is 0 Å². The van der Waals surface area contributed by atoms with Crippen LogP contribution in [0.3, 0.4) is 0 Å². The first kappa shape index (κ1) is 22.7. The molecule has 0 spiro atoms. The Morgan fingerprint density at radius 1 is 0.488 bits per heavy atom. The van der Waals surface area contributed by atoms with Gasteiger partial charge in [0.05, 0.1) is 0 Å². The molecule has 1 nitrogen and oxygen atoms in total. The summed E-state index contributed by atoms with van der Waals surface area (Å²) in [5.41, 5.74) is 11.2. The topological polar surface area (TPSA) is 9.23 Å². The van der Waals surface area contributed by atoms with Crippen LogP contribution in [0, 0.1) is 0 Å². The van der Waals surface area contributed by atoms with Crippen molar-refractivity contribution >= 4 is 21.5 Å². The molecule has 1 unspecified atom stereocenters. The van der Waals surface area contributed by atoms with E-state index in [0.717, 1.165) is 11.5 Å². The zero-order chi connectivity index (χ0) is 27.1. The van der Waals surface area contributed by atoms with Crippen LogP contribution in [0.1, 0.15) is 23.6 Å². The number of benzene rings is 7. The number of hydrogen-bond acceptors (Lipinski definition) is 1. The summed E-state index contributed by atoms with van der Waals surface area (Å²) in [6, 6.07) is 50.8. The Balaban J connectivity index is 1.33. The highest BCUT2D eigenvalue weighted by atomic mass is 16.5. The number of hydrogen-bond donors (Lipinski definition) is 0. The molecule has 2 aliphatic rings. The van der Waals surface area contributed by atoms with Gasteiger partial charge in [0, 0.05) is 16.4 Å². The van der Waals surface area contributed by atoms with Gasteiger partial charge >= 0.3 is 0 Å². The molecule has 0 saturated carbocycles. The summed E-state index contributed by atoms with van der Waals surface area (Å²) in [4.78, 5) is 0. The van der Waals surface area contributed by atoms with Crippen molar-refractivity contribution in [3.8, 4) is 44.9 Å². The van der Waals surface area contributed by atoms with Crippen molar-refractivity contribution in [1.29, 1.82) is 0 Å². The van der Waals surface area contributed by atoms with Gasteiger partial charge in [-0.25, -0.2) is 0 Å². The summed E-state index contributed by atoms with van der Waals surface area (Å²) in [6.45, 7) is 2.39. The first-order valence-corrected chi connectivity index (χ1v) is 14.3. The van der Waals surface area contributed by atoms with E-state index in [0.29, 0.717) is 0 Å². The Morgan fingerprint density at radius 2 is 1.22 bits per heavy atom. The van der Waals surface area contributed by atoms with Gasteiger partial charge in [-0.15, -0.1) is 0 Å². The monoisotopic (exact) mass is 522 g/mol. The molecule has 0 N–H and O–H groups in total. The molecule has 1 heterocycles. The summed E-state index contributed by atoms with van der Waals surface area (Å²) in [6.07, 6.45) is 0. The van der Waals surface area contributed by atoms with Crippen LogP contribution in [0.2, 0.25) is 0 Å². The lowest BCUT2D eigenvalue weighted by atomic mass is 9.73. The third-order valence-corrected chi connectivity index (χ3v) is 9.34. The Kier molecular flexibility index (Phi) is 4.52. The van der Waals surface area contributed by atoms with Crippen LogP contribution in [0.5, 0.6) is 11.5 Å². The fraction of sp³-hybridized carbons (Fsp3) is 0.0500. The van der Waals surface area contributed by atoms with Crippen LogP contribution in [0.25, 0.3) is 54.9 Å². The molecular formula is C40H26O. The minimum absolute atomic E-state index is 0.274. The minimum atomic E-state index is -0.274. The number of fused-ring (bicyclic) bond motifs is 7. The molecule has 41 heavy (non-hydrogen) atoms. The molecule has 1 aliphatic heterocycles. The molecule has 0 saturated heterocycles. The Hall–Kier alpha value is -5.14. The maximum Gasteiger partial charge on any atom is 0.135 e. The molecule has 7 aromatic carbocycles. The minimum Gasteiger partial charge on any atom is -0.456 e. The average Bonchev–Trinajstić information content (AvgIpc) is 3.30. The van der Waals surface area contributed by atoms with Gasteiger partial charge in [0.1, 0.15) is 11.5 Å². The molecule has 192 valence electrons.